The van der Waals surface area contributed by atoms with Crippen molar-refractivity contribution in [3.8, 4) is 5.75 Å². The Kier molecular flexibility index (Phi) is 5.27. The summed E-state index contributed by atoms with van der Waals surface area (Å²) in [5.41, 5.74) is 0.559. The molecular weight excluding hydrogens is 326 g/mol. The average molecular weight is 355 g/mol. The van der Waals surface area contributed by atoms with E-state index in [0.717, 1.165) is 38.2 Å². The Morgan fingerprint density at radius 1 is 1.12 bits per heavy atom. The molecule has 5 nitrogen and oxygen atoms in total. The van der Waals surface area contributed by atoms with Gasteiger partial charge in [0.05, 0.1) is 12.2 Å². The van der Waals surface area contributed by atoms with E-state index in [9.17, 15) is 5.11 Å². The molecular formula is C21H29N3O2. The van der Waals surface area contributed by atoms with Crippen LogP contribution in [0.1, 0.15) is 50.1 Å². The van der Waals surface area contributed by atoms with Crippen LogP contribution in [0.4, 0.5) is 0 Å². The maximum absolute atomic E-state index is 10.8. The van der Waals surface area contributed by atoms with E-state index < -0.39 is 5.60 Å². The van der Waals surface area contributed by atoms with Gasteiger partial charge in [-0.2, -0.15) is 5.10 Å². The van der Waals surface area contributed by atoms with Crippen LogP contribution >= 0.6 is 0 Å². The van der Waals surface area contributed by atoms with Gasteiger partial charge in [0.2, 0.25) is 0 Å². The predicted octanol–water partition coefficient (Wildman–Crippen LogP) is 3.40. The Hall–Kier alpha value is -1.85. The van der Waals surface area contributed by atoms with Gasteiger partial charge in [0.15, 0.2) is 0 Å². The second-order valence-electron chi connectivity index (χ2n) is 7.87. The highest BCUT2D eigenvalue weighted by molar-refractivity contribution is 5.21. The zero-order valence-electron chi connectivity index (χ0n) is 15.4. The van der Waals surface area contributed by atoms with Crippen molar-refractivity contribution in [3.05, 3.63) is 48.3 Å². The molecule has 1 aromatic carbocycles. The molecule has 0 spiro atoms. The molecule has 2 aliphatic rings. The largest absolute Gasteiger partial charge is 0.491 e. The lowest BCUT2D eigenvalue weighted by Crippen LogP contribution is -2.47. The first-order chi connectivity index (χ1) is 12.7. The fourth-order valence-electron chi connectivity index (χ4n) is 4.09. The van der Waals surface area contributed by atoms with E-state index in [1.165, 1.54) is 31.2 Å². The number of likely N-dealkylation sites (tertiary alicyclic amines) is 1. The van der Waals surface area contributed by atoms with Gasteiger partial charge in [0.1, 0.15) is 18.0 Å². The molecule has 1 aliphatic carbocycles. The SMILES string of the molecule is OC1(COc2ccccc2)CCN(Cc2cnn(C3CCCC3)c2)CC1. The molecule has 0 unspecified atom stereocenters. The summed E-state index contributed by atoms with van der Waals surface area (Å²) in [5.74, 6) is 0.822. The zero-order valence-corrected chi connectivity index (χ0v) is 15.4. The van der Waals surface area contributed by atoms with E-state index in [1.807, 2.05) is 36.5 Å². The van der Waals surface area contributed by atoms with E-state index in [1.54, 1.807) is 0 Å². The van der Waals surface area contributed by atoms with Gasteiger partial charge in [-0.05, 0) is 37.8 Å². The number of rotatable bonds is 6. The van der Waals surface area contributed by atoms with Crippen LogP contribution < -0.4 is 4.74 Å². The first-order valence-electron chi connectivity index (χ1n) is 9.86. The predicted molar refractivity (Wildman–Crippen MR) is 101 cm³/mol. The van der Waals surface area contributed by atoms with Crippen molar-refractivity contribution in [2.24, 2.45) is 0 Å². The van der Waals surface area contributed by atoms with Crippen molar-refractivity contribution in [2.45, 2.75) is 56.7 Å². The van der Waals surface area contributed by atoms with Crippen LogP contribution in [0.25, 0.3) is 0 Å². The summed E-state index contributed by atoms with van der Waals surface area (Å²) in [4.78, 5) is 2.41. The molecule has 0 atom stereocenters. The molecule has 1 saturated heterocycles. The standard InChI is InChI=1S/C21H29N3O2/c25-21(17-26-20-8-2-1-3-9-20)10-12-23(13-11-21)15-18-14-22-24(16-18)19-6-4-5-7-19/h1-3,8-9,14,16,19,25H,4-7,10-13,15,17H2. The van der Waals surface area contributed by atoms with Crippen LogP contribution in [-0.4, -0.2) is 45.1 Å². The zero-order chi connectivity index (χ0) is 17.8. The second kappa shape index (κ2) is 7.80. The van der Waals surface area contributed by atoms with E-state index in [-0.39, 0.29) is 0 Å². The summed E-state index contributed by atoms with van der Waals surface area (Å²) in [7, 11) is 0. The van der Waals surface area contributed by atoms with Crippen LogP contribution in [0.2, 0.25) is 0 Å². The van der Waals surface area contributed by atoms with Crippen molar-refractivity contribution in [1.29, 1.82) is 0 Å². The van der Waals surface area contributed by atoms with Gasteiger partial charge in [0.25, 0.3) is 0 Å². The van der Waals surface area contributed by atoms with Gasteiger partial charge < -0.3 is 9.84 Å². The van der Waals surface area contributed by atoms with Crippen molar-refractivity contribution < 1.29 is 9.84 Å². The van der Waals surface area contributed by atoms with Crippen LogP contribution in [0.3, 0.4) is 0 Å². The van der Waals surface area contributed by atoms with Crippen molar-refractivity contribution in [3.63, 3.8) is 0 Å². The number of nitrogens with zero attached hydrogens (tertiary/aromatic N) is 3. The molecule has 26 heavy (non-hydrogen) atoms. The second-order valence-corrected chi connectivity index (χ2v) is 7.87. The molecule has 1 aromatic heterocycles. The number of benzene rings is 1. The molecule has 1 N–H and O–H groups in total. The number of hydrogen-bond donors (Lipinski definition) is 1. The number of piperidine rings is 1. The molecule has 1 aliphatic heterocycles. The smallest absolute Gasteiger partial charge is 0.119 e. The summed E-state index contributed by atoms with van der Waals surface area (Å²) in [6, 6.07) is 10.3. The van der Waals surface area contributed by atoms with Gasteiger partial charge in [-0.25, -0.2) is 0 Å². The maximum atomic E-state index is 10.8. The molecule has 4 rings (SSSR count). The molecule has 2 heterocycles. The number of aliphatic hydroxyl groups is 1. The third kappa shape index (κ3) is 4.27. The normalized spacial score (nSPS) is 21.1. The fraction of sp³-hybridized carbons (Fsp3) is 0.571. The van der Waals surface area contributed by atoms with E-state index >= 15 is 0 Å². The Morgan fingerprint density at radius 3 is 2.58 bits per heavy atom. The third-order valence-electron chi connectivity index (χ3n) is 5.80. The molecule has 2 fully saturated rings. The maximum Gasteiger partial charge on any atom is 0.119 e. The molecule has 140 valence electrons. The van der Waals surface area contributed by atoms with Crippen LogP contribution in [0.5, 0.6) is 5.75 Å². The van der Waals surface area contributed by atoms with E-state index in [4.69, 9.17) is 4.74 Å². The first kappa shape index (κ1) is 17.6. The number of para-hydroxylation sites is 1. The third-order valence-corrected chi connectivity index (χ3v) is 5.80. The van der Waals surface area contributed by atoms with Gasteiger partial charge >= 0.3 is 0 Å². The quantitative estimate of drug-likeness (QED) is 0.863. The van der Waals surface area contributed by atoms with Crippen molar-refractivity contribution in [1.82, 2.24) is 14.7 Å². The minimum atomic E-state index is -0.722. The van der Waals surface area contributed by atoms with Gasteiger partial charge in [0, 0.05) is 31.4 Å². The van der Waals surface area contributed by atoms with Crippen LogP contribution in [0, 0.1) is 0 Å². The van der Waals surface area contributed by atoms with Gasteiger partial charge in [-0.3, -0.25) is 9.58 Å². The van der Waals surface area contributed by atoms with E-state index in [0.29, 0.717) is 12.6 Å². The Labute approximate surface area is 155 Å². The minimum Gasteiger partial charge on any atom is -0.491 e. The lowest BCUT2D eigenvalue weighted by Gasteiger charge is -2.37. The summed E-state index contributed by atoms with van der Waals surface area (Å²) in [5, 5.41) is 15.4. The monoisotopic (exact) mass is 355 g/mol. The highest BCUT2D eigenvalue weighted by atomic mass is 16.5. The molecule has 1 saturated carbocycles. The number of hydrogen-bond acceptors (Lipinski definition) is 4. The highest BCUT2D eigenvalue weighted by Crippen LogP contribution is 2.29. The molecule has 5 heteroatoms. The lowest BCUT2D eigenvalue weighted by molar-refractivity contribution is -0.0537. The molecule has 0 amide bonds. The summed E-state index contributed by atoms with van der Waals surface area (Å²) >= 11 is 0. The number of aromatic nitrogens is 2. The van der Waals surface area contributed by atoms with Gasteiger partial charge in [-0.1, -0.05) is 31.0 Å². The van der Waals surface area contributed by atoms with Crippen molar-refractivity contribution >= 4 is 0 Å². The van der Waals surface area contributed by atoms with Gasteiger partial charge in [-0.15, -0.1) is 0 Å². The minimum absolute atomic E-state index is 0.366. The molecule has 2 aromatic rings. The molecule has 0 bridgehead atoms. The van der Waals surface area contributed by atoms with Crippen molar-refractivity contribution in [2.75, 3.05) is 19.7 Å². The van der Waals surface area contributed by atoms with E-state index in [2.05, 4.69) is 20.9 Å². The molecule has 0 radical (unpaired) electrons. The fourth-order valence-corrected chi connectivity index (χ4v) is 4.09. The Bertz CT molecular complexity index is 686. The summed E-state index contributed by atoms with van der Waals surface area (Å²) in [6.07, 6.45) is 10.9. The highest BCUT2D eigenvalue weighted by Gasteiger charge is 2.33. The van der Waals surface area contributed by atoms with Crippen LogP contribution in [0.15, 0.2) is 42.7 Å². The summed E-state index contributed by atoms with van der Waals surface area (Å²) in [6.45, 7) is 3.07. The topological polar surface area (TPSA) is 50.5 Å². The number of ether oxygens (including phenoxy) is 1. The average Bonchev–Trinajstić information content (AvgIpc) is 3.35. The summed E-state index contributed by atoms with van der Waals surface area (Å²) < 4.78 is 7.94. The lowest BCUT2D eigenvalue weighted by atomic mass is 9.92. The Balaban J connectivity index is 1.25. The van der Waals surface area contributed by atoms with Crippen LogP contribution in [-0.2, 0) is 6.54 Å². The first-order valence-corrected chi connectivity index (χ1v) is 9.86. The Morgan fingerprint density at radius 2 is 1.85 bits per heavy atom.